The number of hydrogen-bond acceptors (Lipinski definition) is 4. The van der Waals surface area contributed by atoms with Crippen LogP contribution in [0.15, 0.2) is 47.4 Å². The number of hydrogen-bond donors (Lipinski definition) is 0. The molecule has 3 heterocycles. The summed E-state index contributed by atoms with van der Waals surface area (Å²) in [6, 6.07) is 13.8. The predicted octanol–water partition coefficient (Wildman–Crippen LogP) is 2.52. The van der Waals surface area contributed by atoms with Crippen LogP contribution >= 0.6 is 0 Å². The Morgan fingerprint density at radius 3 is 2.63 bits per heavy atom. The zero-order valence-corrected chi connectivity index (χ0v) is 15.5. The first-order valence-electron chi connectivity index (χ1n) is 9.37. The van der Waals surface area contributed by atoms with E-state index < -0.39 is 0 Å². The van der Waals surface area contributed by atoms with Gasteiger partial charge in [-0.15, -0.1) is 0 Å². The lowest BCUT2D eigenvalue weighted by Gasteiger charge is -2.32. The number of likely N-dealkylation sites (tertiary alicyclic amines) is 1. The van der Waals surface area contributed by atoms with E-state index in [1.807, 2.05) is 48.0 Å². The summed E-state index contributed by atoms with van der Waals surface area (Å²) >= 11 is 0. The Labute approximate surface area is 158 Å². The van der Waals surface area contributed by atoms with Crippen molar-refractivity contribution in [1.29, 1.82) is 5.26 Å². The summed E-state index contributed by atoms with van der Waals surface area (Å²) in [6.45, 7) is 3.70. The fraction of sp³-hybridized carbons (Fsp3) is 0.381. The van der Waals surface area contributed by atoms with E-state index in [1.54, 1.807) is 10.8 Å². The predicted molar refractivity (Wildman–Crippen MR) is 104 cm³/mol. The van der Waals surface area contributed by atoms with Gasteiger partial charge in [0.2, 0.25) is 0 Å². The van der Waals surface area contributed by atoms with E-state index in [9.17, 15) is 4.79 Å². The van der Waals surface area contributed by atoms with Crippen molar-refractivity contribution in [1.82, 2.24) is 19.0 Å². The fourth-order valence-electron chi connectivity index (χ4n) is 3.93. The van der Waals surface area contributed by atoms with Crippen molar-refractivity contribution in [2.45, 2.75) is 25.9 Å². The van der Waals surface area contributed by atoms with Crippen molar-refractivity contribution >= 4 is 11.2 Å². The highest BCUT2D eigenvalue weighted by atomic mass is 16.1. The average molecular weight is 361 g/mol. The van der Waals surface area contributed by atoms with E-state index in [0.29, 0.717) is 11.5 Å². The van der Waals surface area contributed by atoms with Crippen LogP contribution in [0.4, 0.5) is 0 Å². The third-order valence-corrected chi connectivity index (χ3v) is 5.54. The maximum atomic E-state index is 12.6. The second kappa shape index (κ2) is 7.37. The first-order valence-corrected chi connectivity index (χ1v) is 9.37. The second-order valence-electron chi connectivity index (χ2n) is 7.33. The molecule has 0 saturated carbocycles. The summed E-state index contributed by atoms with van der Waals surface area (Å²) in [4.78, 5) is 19.4. The number of aromatic nitrogens is 3. The van der Waals surface area contributed by atoms with Crippen LogP contribution in [0.1, 0.15) is 24.0 Å². The lowest BCUT2D eigenvalue weighted by molar-refractivity contribution is 0.167. The van der Waals surface area contributed by atoms with E-state index in [2.05, 4.69) is 16.0 Å². The lowest BCUT2D eigenvalue weighted by Crippen LogP contribution is -2.36. The molecule has 0 amide bonds. The Bertz CT molecular complexity index is 1030. The van der Waals surface area contributed by atoms with E-state index in [-0.39, 0.29) is 5.69 Å². The second-order valence-corrected chi connectivity index (χ2v) is 7.33. The van der Waals surface area contributed by atoms with Crippen molar-refractivity contribution in [3.63, 3.8) is 0 Å². The van der Waals surface area contributed by atoms with Gasteiger partial charge in [-0.25, -0.2) is 9.78 Å². The molecule has 0 spiro atoms. The third kappa shape index (κ3) is 3.51. The number of rotatable bonds is 4. The molecule has 4 rings (SSSR count). The van der Waals surface area contributed by atoms with Crippen LogP contribution in [0.3, 0.4) is 0 Å². The van der Waals surface area contributed by atoms with E-state index in [4.69, 9.17) is 5.26 Å². The molecule has 0 N–H and O–H groups in total. The number of pyridine rings is 1. The van der Waals surface area contributed by atoms with E-state index in [0.717, 1.165) is 50.2 Å². The van der Waals surface area contributed by atoms with Gasteiger partial charge in [0.1, 0.15) is 0 Å². The molecule has 6 heteroatoms. The molecular formula is C21H23N5O. The summed E-state index contributed by atoms with van der Waals surface area (Å²) in [5.41, 5.74) is 3.63. The molecule has 1 aromatic carbocycles. The normalized spacial score (nSPS) is 15.9. The number of benzene rings is 1. The minimum atomic E-state index is 0.0173. The van der Waals surface area contributed by atoms with Crippen molar-refractivity contribution < 1.29 is 0 Å². The van der Waals surface area contributed by atoms with Gasteiger partial charge in [0.15, 0.2) is 5.65 Å². The largest absolute Gasteiger partial charge is 0.330 e. The van der Waals surface area contributed by atoms with Crippen molar-refractivity contribution in [2.24, 2.45) is 13.0 Å². The molecule has 27 heavy (non-hydrogen) atoms. The Morgan fingerprint density at radius 2 is 1.93 bits per heavy atom. The lowest BCUT2D eigenvalue weighted by atomic mass is 9.96. The molecular weight excluding hydrogens is 338 g/mol. The minimum Gasteiger partial charge on any atom is -0.299 e. The molecule has 2 aromatic heterocycles. The summed E-state index contributed by atoms with van der Waals surface area (Å²) in [5, 5.41) is 8.90. The highest BCUT2D eigenvalue weighted by Crippen LogP contribution is 2.22. The number of imidazole rings is 1. The van der Waals surface area contributed by atoms with Gasteiger partial charge in [0, 0.05) is 26.3 Å². The molecule has 1 fully saturated rings. The van der Waals surface area contributed by atoms with Crippen LogP contribution in [0, 0.1) is 17.2 Å². The minimum absolute atomic E-state index is 0.0173. The van der Waals surface area contributed by atoms with Crippen LogP contribution in [0.25, 0.3) is 11.2 Å². The van der Waals surface area contributed by atoms with Crippen LogP contribution in [0.2, 0.25) is 0 Å². The van der Waals surface area contributed by atoms with Gasteiger partial charge in [0.05, 0.1) is 17.1 Å². The Hall–Kier alpha value is -2.91. The molecule has 1 aliphatic rings. The summed E-state index contributed by atoms with van der Waals surface area (Å²) < 4.78 is 3.51. The van der Waals surface area contributed by atoms with Gasteiger partial charge in [-0.05, 0) is 61.7 Å². The molecule has 0 bridgehead atoms. The molecule has 1 saturated heterocycles. The molecule has 1 aliphatic heterocycles. The van der Waals surface area contributed by atoms with Crippen LogP contribution in [-0.2, 0) is 20.1 Å². The Morgan fingerprint density at radius 1 is 1.19 bits per heavy atom. The highest BCUT2D eigenvalue weighted by molar-refractivity contribution is 5.71. The zero-order chi connectivity index (χ0) is 18.8. The molecule has 138 valence electrons. The van der Waals surface area contributed by atoms with E-state index >= 15 is 0 Å². The summed E-state index contributed by atoms with van der Waals surface area (Å²) in [7, 11) is 1.81. The molecule has 0 aliphatic carbocycles. The van der Waals surface area contributed by atoms with Crippen molar-refractivity contribution in [3.8, 4) is 6.07 Å². The number of nitriles is 1. The fourth-order valence-corrected chi connectivity index (χ4v) is 3.93. The topological polar surface area (TPSA) is 66.8 Å². The van der Waals surface area contributed by atoms with Gasteiger partial charge in [-0.1, -0.05) is 12.1 Å². The summed E-state index contributed by atoms with van der Waals surface area (Å²) in [5.74, 6) is 0.493. The van der Waals surface area contributed by atoms with Gasteiger partial charge in [0.25, 0.3) is 0 Å². The SMILES string of the molecule is Cn1c(=O)n(CC2CCN(Cc3ccc(C#N)cc3)CC2)c2ncccc21. The van der Waals surface area contributed by atoms with Gasteiger partial charge in [-0.3, -0.25) is 14.0 Å². The smallest absolute Gasteiger partial charge is 0.299 e. The first-order chi connectivity index (χ1) is 13.2. The maximum absolute atomic E-state index is 12.6. The monoisotopic (exact) mass is 361 g/mol. The molecule has 0 atom stereocenters. The standard InChI is InChI=1S/C21H23N5O/c1-24-19-3-2-10-23-20(19)26(21(24)27)15-18-8-11-25(12-9-18)14-17-6-4-16(13-22)5-7-17/h2-7,10,18H,8-9,11-12,14-15H2,1H3. The number of aryl methyl sites for hydroxylation is 1. The molecule has 3 aromatic rings. The third-order valence-electron chi connectivity index (χ3n) is 5.54. The maximum Gasteiger partial charge on any atom is 0.330 e. The number of piperidine rings is 1. The van der Waals surface area contributed by atoms with Crippen LogP contribution in [0.5, 0.6) is 0 Å². The van der Waals surface area contributed by atoms with Gasteiger partial charge in [-0.2, -0.15) is 5.26 Å². The van der Waals surface area contributed by atoms with Crippen molar-refractivity contribution in [3.05, 3.63) is 64.2 Å². The number of nitrogens with zero attached hydrogens (tertiary/aromatic N) is 5. The summed E-state index contributed by atoms with van der Waals surface area (Å²) in [6.07, 6.45) is 3.90. The highest BCUT2D eigenvalue weighted by Gasteiger charge is 2.22. The Kier molecular flexibility index (Phi) is 4.78. The van der Waals surface area contributed by atoms with E-state index in [1.165, 1.54) is 5.56 Å². The average Bonchev–Trinajstić information content (AvgIpc) is 2.95. The van der Waals surface area contributed by atoms with Gasteiger partial charge >= 0.3 is 5.69 Å². The zero-order valence-electron chi connectivity index (χ0n) is 15.5. The van der Waals surface area contributed by atoms with Crippen molar-refractivity contribution in [2.75, 3.05) is 13.1 Å². The molecule has 0 radical (unpaired) electrons. The molecule has 0 unspecified atom stereocenters. The number of fused-ring (bicyclic) bond motifs is 1. The van der Waals surface area contributed by atoms with Gasteiger partial charge < -0.3 is 0 Å². The molecule has 6 nitrogen and oxygen atoms in total. The first kappa shape index (κ1) is 17.5. The quantitative estimate of drug-likeness (QED) is 0.716. The van der Waals surface area contributed by atoms with Crippen LogP contribution < -0.4 is 5.69 Å². The Balaban J connectivity index is 1.39. The van der Waals surface area contributed by atoms with Crippen LogP contribution in [-0.4, -0.2) is 32.1 Å².